The Labute approximate surface area is 126 Å². The Balaban J connectivity index is 1.99. The molecule has 0 aliphatic heterocycles. The molecule has 0 radical (unpaired) electrons. The molecule has 1 saturated carbocycles. The van der Waals surface area contributed by atoms with Gasteiger partial charge in [-0.3, -0.25) is 4.79 Å². The molecule has 4 nitrogen and oxygen atoms in total. The van der Waals surface area contributed by atoms with E-state index in [0.717, 1.165) is 24.2 Å². The zero-order valence-corrected chi connectivity index (χ0v) is 12.9. The average molecular weight is 289 g/mol. The van der Waals surface area contributed by atoms with Crippen molar-refractivity contribution in [3.05, 3.63) is 29.8 Å². The van der Waals surface area contributed by atoms with Crippen LogP contribution in [0.2, 0.25) is 0 Å². The molecule has 1 N–H and O–H groups in total. The second-order valence-corrected chi connectivity index (χ2v) is 5.73. The molecule has 0 saturated heterocycles. The Morgan fingerprint density at radius 1 is 1.38 bits per heavy atom. The molecule has 1 amide bonds. The average Bonchev–Trinajstić information content (AvgIpc) is 3.27. The van der Waals surface area contributed by atoms with Crippen LogP contribution < -0.4 is 14.8 Å². The van der Waals surface area contributed by atoms with Crippen molar-refractivity contribution in [1.29, 1.82) is 0 Å². The van der Waals surface area contributed by atoms with Crippen molar-refractivity contribution in [2.24, 2.45) is 5.92 Å². The van der Waals surface area contributed by atoms with Gasteiger partial charge in [0.05, 0.1) is 13.7 Å². The van der Waals surface area contributed by atoms with E-state index < -0.39 is 0 Å². The van der Waals surface area contributed by atoms with Crippen LogP contribution in [0.5, 0.6) is 11.5 Å². The molecule has 21 heavy (non-hydrogen) atoms. The zero-order valence-electron chi connectivity index (χ0n) is 12.9. The number of amides is 1. The molecule has 1 aliphatic carbocycles. The third kappa shape index (κ3) is 5.14. The van der Waals surface area contributed by atoms with Crippen molar-refractivity contribution in [3.8, 4) is 11.5 Å². The predicted molar refractivity (Wildman–Crippen MR) is 83.5 cm³/mol. The molecule has 0 bridgehead atoms. The lowest BCUT2D eigenvalue weighted by atomic mass is 10.2. The third-order valence-electron chi connectivity index (χ3n) is 3.11. The van der Waals surface area contributed by atoms with E-state index in [9.17, 15) is 4.79 Å². The molecular weight excluding hydrogens is 266 g/mol. The summed E-state index contributed by atoms with van der Waals surface area (Å²) in [5.41, 5.74) is 0.912. The normalized spacial score (nSPS) is 14.5. The Hall–Kier alpha value is -1.97. The molecule has 4 heteroatoms. The first kappa shape index (κ1) is 15.4. The van der Waals surface area contributed by atoms with Crippen LogP contribution in [0.1, 0.15) is 32.3 Å². The van der Waals surface area contributed by atoms with E-state index in [1.165, 1.54) is 0 Å². The lowest BCUT2D eigenvalue weighted by molar-refractivity contribution is -0.116. The van der Waals surface area contributed by atoms with E-state index in [4.69, 9.17) is 9.47 Å². The molecule has 0 unspecified atom stereocenters. The Kier molecular flexibility index (Phi) is 5.26. The number of methoxy groups -OCH3 is 1. The van der Waals surface area contributed by atoms with E-state index in [-0.39, 0.29) is 5.91 Å². The van der Waals surface area contributed by atoms with Crippen molar-refractivity contribution in [3.63, 3.8) is 0 Å². The van der Waals surface area contributed by atoms with Crippen LogP contribution in [-0.2, 0) is 4.79 Å². The molecule has 1 aliphatic rings. The minimum Gasteiger partial charge on any atom is -0.493 e. The van der Waals surface area contributed by atoms with Crippen LogP contribution in [-0.4, -0.2) is 25.7 Å². The summed E-state index contributed by atoms with van der Waals surface area (Å²) in [6.07, 6.45) is 5.53. The molecular formula is C17H23NO3. The number of ether oxygens (including phenoxy) is 2. The van der Waals surface area contributed by atoms with E-state index in [1.807, 2.05) is 18.2 Å². The molecule has 0 spiro atoms. The number of benzene rings is 1. The SMILES string of the molecule is COc1cc(/C=C/C(=O)NC2CC2)ccc1OCC(C)C. The zero-order chi connectivity index (χ0) is 15.2. The van der Waals surface area contributed by atoms with Crippen molar-refractivity contribution in [2.75, 3.05) is 13.7 Å². The molecule has 1 aromatic rings. The van der Waals surface area contributed by atoms with Gasteiger partial charge in [0.25, 0.3) is 0 Å². The molecule has 0 atom stereocenters. The predicted octanol–water partition coefficient (Wildman–Crippen LogP) is 3.02. The van der Waals surface area contributed by atoms with Crippen LogP contribution in [0.3, 0.4) is 0 Å². The smallest absolute Gasteiger partial charge is 0.244 e. The fourth-order valence-corrected chi connectivity index (χ4v) is 1.81. The number of hydrogen-bond donors (Lipinski definition) is 1. The monoisotopic (exact) mass is 289 g/mol. The molecule has 1 aromatic carbocycles. The van der Waals surface area contributed by atoms with Gasteiger partial charge in [-0.25, -0.2) is 0 Å². The van der Waals surface area contributed by atoms with E-state index >= 15 is 0 Å². The van der Waals surface area contributed by atoms with E-state index in [0.29, 0.717) is 24.3 Å². The molecule has 2 rings (SSSR count). The first-order valence-electron chi connectivity index (χ1n) is 7.38. The van der Waals surface area contributed by atoms with Crippen LogP contribution in [0.15, 0.2) is 24.3 Å². The maximum atomic E-state index is 11.6. The lowest BCUT2D eigenvalue weighted by Gasteiger charge is -2.12. The maximum absolute atomic E-state index is 11.6. The summed E-state index contributed by atoms with van der Waals surface area (Å²) in [6.45, 7) is 4.85. The van der Waals surface area contributed by atoms with Gasteiger partial charge in [0.15, 0.2) is 11.5 Å². The molecule has 0 aromatic heterocycles. The Morgan fingerprint density at radius 2 is 2.14 bits per heavy atom. The maximum Gasteiger partial charge on any atom is 0.244 e. The van der Waals surface area contributed by atoms with E-state index in [2.05, 4.69) is 19.2 Å². The van der Waals surface area contributed by atoms with Gasteiger partial charge in [0, 0.05) is 12.1 Å². The van der Waals surface area contributed by atoms with Crippen molar-refractivity contribution < 1.29 is 14.3 Å². The first-order valence-corrected chi connectivity index (χ1v) is 7.38. The van der Waals surface area contributed by atoms with Gasteiger partial charge in [-0.15, -0.1) is 0 Å². The number of carbonyl (C=O) groups is 1. The molecule has 0 heterocycles. The number of nitrogens with one attached hydrogen (secondary N) is 1. The summed E-state index contributed by atoms with van der Waals surface area (Å²) in [7, 11) is 1.62. The van der Waals surface area contributed by atoms with Crippen molar-refractivity contribution in [2.45, 2.75) is 32.7 Å². The summed E-state index contributed by atoms with van der Waals surface area (Å²) in [5.74, 6) is 1.82. The summed E-state index contributed by atoms with van der Waals surface area (Å²) >= 11 is 0. The third-order valence-corrected chi connectivity index (χ3v) is 3.11. The highest BCUT2D eigenvalue weighted by Gasteiger charge is 2.22. The fourth-order valence-electron chi connectivity index (χ4n) is 1.81. The fraction of sp³-hybridized carbons (Fsp3) is 0.471. The first-order chi connectivity index (χ1) is 10.1. The van der Waals surface area contributed by atoms with Gasteiger partial charge in [0.1, 0.15) is 0 Å². The largest absolute Gasteiger partial charge is 0.493 e. The number of carbonyl (C=O) groups excluding carboxylic acids is 1. The van der Waals surface area contributed by atoms with Crippen molar-refractivity contribution in [1.82, 2.24) is 5.32 Å². The molecule has 114 valence electrons. The van der Waals surface area contributed by atoms with E-state index in [1.54, 1.807) is 19.3 Å². The van der Waals surface area contributed by atoms with Crippen LogP contribution in [0, 0.1) is 5.92 Å². The minimum absolute atomic E-state index is 0.0448. The molecule has 1 fully saturated rings. The standard InChI is InChI=1S/C17H23NO3/c1-12(2)11-21-15-8-4-13(10-16(15)20-3)5-9-17(19)18-14-6-7-14/h4-5,8-10,12,14H,6-7,11H2,1-3H3,(H,18,19)/b9-5+. The Morgan fingerprint density at radius 3 is 2.76 bits per heavy atom. The minimum atomic E-state index is -0.0448. The Bertz CT molecular complexity index is 519. The summed E-state index contributed by atoms with van der Waals surface area (Å²) in [6, 6.07) is 6.04. The quantitative estimate of drug-likeness (QED) is 0.785. The van der Waals surface area contributed by atoms with Gasteiger partial charge >= 0.3 is 0 Å². The summed E-state index contributed by atoms with van der Waals surface area (Å²) in [4.78, 5) is 11.6. The summed E-state index contributed by atoms with van der Waals surface area (Å²) in [5, 5.41) is 2.92. The van der Waals surface area contributed by atoms with Gasteiger partial charge < -0.3 is 14.8 Å². The van der Waals surface area contributed by atoms with Crippen LogP contribution >= 0.6 is 0 Å². The highest BCUT2D eigenvalue weighted by atomic mass is 16.5. The summed E-state index contributed by atoms with van der Waals surface area (Å²) < 4.78 is 11.0. The highest BCUT2D eigenvalue weighted by Crippen LogP contribution is 2.29. The second kappa shape index (κ2) is 7.16. The van der Waals surface area contributed by atoms with Crippen LogP contribution in [0.25, 0.3) is 6.08 Å². The second-order valence-electron chi connectivity index (χ2n) is 5.73. The van der Waals surface area contributed by atoms with Gasteiger partial charge in [0.2, 0.25) is 5.91 Å². The van der Waals surface area contributed by atoms with Gasteiger partial charge in [-0.05, 0) is 42.5 Å². The number of hydrogen-bond acceptors (Lipinski definition) is 3. The lowest BCUT2D eigenvalue weighted by Crippen LogP contribution is -2.22. The van der Waals surface area contributed by atoms with Crippen LogP contribution in [0.4, 0.5) is 0 Å². The van der Waals surface area contributed by atoms with Gasteiger partial charge in [-0.2, -0.15) is 0 Å². The number of rotatable bonds is 7. The van der Waals surface area contributed by atoms with Crippen molar-refractivity contribution >= 4 is 12.0 Å². The van der Waals surface area contributed by atoms with Gasteiger partial charge in [-0.1, -0.05) is 19.9 Å². The highest BCUT2D eigenvalue weighted by molar-refractivity contribution is 5.92. The topological polar surface area (TPSA) is 47.6 Å².